The highest BCUT2D eigenvalue weighted by Crippen LogP contribution is 2.38. The Morgan fingerprint density at radius 2 is 2.13 bits per heavy atom. The van der Waals surface area contributed by atoms with Crippen molar-refractivity contribution in [2.75, 3.05) is 19.0 Å². The second-order valence-corrected chi connectivity index (χ2v) is 6.60. The van der Waals surface area contributed by atoms with E-state index in [0.717, 1.165) is 12.0 Å². The number of methoxy groups -OCH3 is 1. The molecule has 8 heteroatoms. The number of fused-ring (bicyclic) bond motifs is 1. The second-order valence-electron chi connectivity index (χ2n) is 6.60. The lowest BCUT2D eigenvalue weighted by Crippen LogP contribution is -2.10. The Morgan fingerprint density at radius 3 is 2.83 bits per heavy atom. The number of benzene rings is 2. The van der Waals surface area contributed by atoms with E-state index in [1.165, 1.54) is 25.3 Å². The molecule has 160 valence electrons. The van der Waals surface area contributed by atoms with Crippen LogP contribution in [0, 0.1) is 0 Å². The molecule has 0 aliphatic carbocycles. The van der Waals surface area contributed by atoms with Crippen molar-refractivity contribution in [2.45, 2.75) is 33.0 Å². The smallest absolute Gasteiger partial charge is 0.387 e. The molecule has 1 aliphatic heterocycles. The van der Waals surface area contributed by atoms with Crippen LogP contribution in [0.2, 0.25) is 0 Å². The summed E-state index contributed by atoms with van der Waals surface area (Å²) < 4.78 is 46.5. The molecule has 0 saturated carbocycles. The molecule has 0 radical (unpaired) electrons. The normalized spacial score (nSPS) is 15.1. The van der Waals surface area contributed by atoms with Crippen molar-refractivity contribution >= 4 is 17.7 Å². The van der Waals surface area contributed by atoms with Crippen LogP contribution in [0.5, 0.6) is 23.0 Å². The summed E-state index contributed by atoms with van der Waals surface area (Å²) in [6.07, 6.45) is 3.43. The van der Waals surface area contributed by atoms with Crippen LogP contribution in [0.1, 0.15) is 25.0 Å². The molecule has 1 unspecified atom stereocenters. The predicted molar refractivity (Wildman–Crippen MR) is 109 cm³/mol. The zero-order valence-corrected chi connectivity index (χ0v) is 16.9. The number of amides is 1. The summed E-state index contributed by atoms with van der Waals surface area (Å²) in [5.74, 6) is 0.771. The first-order valence-corrected chi connectivity index (χ1v) is 9.48. The fraction of sp³-hybridized carbons (Fsp3) is 0.318. The summed E-state index contributed by atoms with van der Waals surface area (Å²) in [6.45, 7) is 1.23. The van der Waals surface area contributed by atoms with Crippen LogP contribution in [-0.4, -0.2) is 32.3 Å². The number of hydrogen-bond donors (Lipinski definition) is 1. The Morgan fingerprint density at radius 1 is 1.33 bits per heavy atom. The lowest BCUT2D eigenvalue weighted by Gasteiger charge is -2.13. The number of carbonyl (C=O) groups is 1. The van der Waals surface area contributed by atoms with Gasteiger partial charge in [-0.3, -0.25) is 4.79 Å². The molecule has 2 aromatic rings. The Balaban J connectivity index is 1.81. The van der Waals surface area contributed by atoms with Gasteiger partial charge in [0.1, 0.15) is 17.6 Å². The summed E-state index contributed by atoms with van der Waals surface area (Å²) in [4.78, 5) is 12.5. The fourth-order valence-electron chi connectivity index (χ4n) is 3.19. The third-order valence-corrected chi connectivity index (χ3v) is 4.41. The second kappa shape index (κ2) is 9.47. The molecule has 3 rings (SSSR count). The summed E-state index contributed by atoms with van der Waals surface area (Å²) >= 11 is 0. The maximum atomic E-state index is 12.7. The van der Waals surface area contributed by atoms with Crippen LogP contribution in [-0.2, 0) is 11.2 Å². The largest absolute Gasteiger partial charge is 0.493 e. The van der Waals surface area contributed by atoms with Gasteiger partial charge in [0.2, 0.25) is 5.91 Å². The quantitative estimate of drug-likeness (QED) is 0.630. The van der Waals surface area contributed by atoms with Gasteiger partial charge in [0.25, 0.3) is 0 Å². The highest BCUT2D eigenvalue weighted by molar-refractivity contribution is 6.03. The molecule has 0 bridgehead atoms. The average Bonchev–Trinajstić information content (AvgIpc) is 3.06. The minimum Gasteiger partial charge on any atom is -0.493 e. The van der Waals surface area contributed by atoms with Crippen molar-refractivity contribution < 1.29 is 32.5 Å². The highest BCUT2D eigenvalue weighted by atomic mass is 19.3. The summed E-state index contributed by atoms with van der Waals surface area (Å²) in [7, 11) is 1.35. The summed E-state index contributed by atoms with van der Waals surface area (Å²) in [5, 5.41) is 2.75. The minimum absolute atomic E-state index is 0.0571. The predicted octanol–water partition coefficient (Wildman–Crippen LogP) is 4.67. The molecule has 6 nitrogen and oxygen atoms in total. The topological polar surface area (TPSA) is 66.0 Å². The lowest BCUT2D eigenvalue weighted by molar-refractivity contribution is -0.111. The van der Waals surface area contributed by atoms with Crippen molar-refractivity contribution in [3.8, 4) is 23.0 Å². The van der Waals surface area contributed by atoms with Gasteiger partial charge < -0.3 is 24.3 Å². The summed E-state index contributed by atoms with van der Waals surface area (Å²) in [6, 6.07) is 8.24. The lowest BCUT2D eigenvalue weighted by atomic mass is 10.1. The van der Waals surface area contributed by atoms with Crippen LogP contribution < -0.4 is 24.3 Å². The van der Waals surface area contributed by atoms with Gasteiger partial charge in [-0.05, 0) is 32.1 Å². The molecule has 30 heavy (non-hydrogen) atoms. The molecule has 1 heterocycles. The summed E-state index contributed by atoms with van der Waals surface area (Å²) in [5.41, 5.74) is 1.76. The van der Waals surface area contributed by atoms with E-state index < -0.39 is 12.5 Å². The monoisotopic (exact) mass is 419 g/mol. The zero-order chi connectivity index (χ0) is 21.7. The van der Waals surface area contributed by atoms with Crippen LogP contribution in [0.4, 0.5) is 14.5 Å². The van der Waals surface area contributed by atoms with Gasteiger partial charge >= 0.3 is 6.61 Å². The van der Waals surface area contributed by atoms with E-state index in [2.05, 4.69) is 10.1 Å². The average molecular weight is 419 g/mol. The van der Waals surface area contributed by atoms with Crippen molar-refractivity contribution in [3.63, 3.8) is 0 Å². The molecular formula is C22H23F2NO5. The maximum absolute atomic E-state index is 12.7. The third-order valence-electron chi connectivity index (χ3n) is 4.41. The van der Waals surface area contributed by atoms with Crippen LogP contribution in [0.3, 0.4) is 0 Å². The van der Waals surface area contributed by atoms with Crippen molar-refractivity contribution in [1.29, 1.82) is 0 Å². The van der Waals surface area contributed by atoms with Gasteiger partial charge in [-0.15, -0.1) is 0 Å². The number of rotatable bonds is 8. The Kier molecular flexibility index (Phi) is 6.76. The Labute approximate surface area is 173 Å². The van der Waals surface area contributed by atoms with E-state index in [-0.39, 0.29) is 23.2 Å². The molecule has 1 aliphatic rings. The molecule has 1 amide bonds. The Bertz CT molecular complexity index is 945. The molecule has 0 fully saturated rings. The van der Waals surface area contributed by atoms with Gasteiger partial charge in [-0.2, -0.15) is 8.78 Å². The maximum Gasteiger partial charge on any atom is 0.387 e. The van der Waals surface area contributed by atoms with Crippen LogP contribution >= 0.6 is 0 Å². The van der Waals surface area contributed by atoms with Gasteiger partial charge in [0, 0.05) is 29.7 Å². The first-order chi connectivity index (χ1) is 14.4. The molecule has 0 aromatic heterocycles. The Hall–Kier alpha value is -3.29. The van der Waals surface area contributed by atoms with E-state index in [9.17, 15) is 13.6 Å². The molecule has 0 spiro atoms. The molecule has 2 aromatic carbocycles. The van der Waals surface area contributed by atoms with Crippen molar-refractivity contribution in [2.24, 2.45) is 0 Å². The number of ether oxygens (including phenoxy) is 4. The molecule has 1 atom stereocenters. The van der Waals surface area contributed by atoms with E-state index in [1.807, 2.05) is 19.9 Å². The number of halogens is 2. The minimum atomic E-state index is -3.02. The van der Waals surface area contributed by atoms with E-state index in [1.54, 1.807) is 18.2 Å². The number of para-hydroxylation sites is 1. The van der Waals surface area contributed by atoms with Crippen LogP contribution in [0.15, 0.2) is 36.4 Å². The highest BCUT2D eigenvalue weighted by Gasteiger charge is 2.22. The van der Waals surface area contributed by atoms with Crippen molar-refractivity contribution in [1.82, 2.24) is 0 Å². The first kappa shape index (κ1) is 21.4. The van der Waals surface area contributed by atoms with Crippen molar-refractivity contribution in [3.05, 3.63) is 47.5 Å². The molecule has 0 saturated heterocycles. The molecular weight excluding hydrogens is 396 g/mol. The zero-order valence-electron chi connectivity index (χ0n) is 16.9. The van der Waals surface area contributed by atoms with E-state index in [4.69, 9.17) is 14.2 Å². The first-order valence-electron chi connectivity index (χ1n) is 9.48. The number of nitrogens with one attached hydrogen (secondary N) is 1. The van der Waals surface area contributed by atoms with Gasteiger partial charge in [-0.1, -0.05) is 12.1 Å². The number of anilines is 1. The van der Waals surface area contributed by atoms with E-state index in [0.29, 0.717) is 23.8 Å². The SMILES string of the molecule is CCOc1cc2c(cc1NC(=O)/C=C/c1cccc(OC)c1OC(F)F)OC(C)C2. The number of hydrogen-bond acceptors (Lipinski definition) is 5. The standard InChI is InChI=1S/C22H23F2NO5/c1-4-28-19-11-15-10-13(2)29-18(15)12-16(19)25-20(26)9-8-14-6-5-7-17(27-3)21(14)30-22(23)24/h5-9,11-13,22H,4,10H2,1-3H3,(H,25,26)/b9-8+. The van der Waals surface area contributed by atoms with Crippen LogP contribution in [0.25, 0.3) is 6.08 Å². The third kappa shape index (κ3) is 5.00. The molecule has 1 N–H and O–H groups in total. The van der Waals surface area contributed by atoms with Gasteiger partial charge in [-0.25, -0.2) is 0 Å². The fourth-order valence-corrected chi connectivity index (χ4v) is 3.19. The van der Waals surface area contributed by atoms with Gasteiger partial charge in [0.05, 0.1) is 19.4 Å². The van der Waals surface area contributed by atoms with E-state index >= 15 is 0 Å². The number of alkyl halides is 2. The van der Waals surface area contributed by atoms with Gasteiger partial charge in [0.15, 0.2) is 11.5 Å². The number of carbonyl (C=O) groups excluding carboxylic acids is 1.